The van der Waals surface area contributed by atoms with Crippen molar-refractivity contribution in [2.24, 2.45) is 0 Å². The zero-order valence-electron chi connectivity index (χ0n) is 17.8. The number of carbonyl (C=O) groups is 2. The molecule has 170 valence electrons. The number of benzene rings is 1. The van der Waals surface area contributed by atoms with E-state index in [0.717, 1.165) is 5.56 Å². The molecular formula is C21H24N4O7. The van der Waals surface area contributed by atoms with Crippen LogP contribution >= 0.6 is 0 Å². The van der Waals surface area contributed by atoms with Crippen molar-refractivity contribution in [3.05, 3.63) is 51.4 Å². The fraction of sp³-hybridized carbons (Fsp3) is 0.381. The lowest BCUT2D eigenvalue weighted by Gasteiger charge is -2.37. The van der Waals surface area contributed by atoms with Crippen molar-refractivity contribution < 1.29 is 28.9 Å². The van der Waals surface area contributed by atoms with Gasteiger partial charge in [0.05, 0.1) is 6.61 Å². The number of hydrogen-bond acceptors (Lipinski definition) is 8. The molecule has 2 aliphatic rings. The average Bonchev–Trinajstić information content (AvgIpc) is 2.80. The molecule has 32 heavy (non-hydrogen) atoms. The predicted molar refractivity (Wildman–Crippen MR) is 113 cm³/mol. The van der Waals surface area contributed by atoms with E-state index in [1.807, 2.05) is 0 Å². The minimum atomic E-state index is -0.911. The first-order valence-electron chi connectivity index (χ1n) is 10.1. The molecule has 4 rings (SSSR count). The zero-order chi connectivity index (χ0) is 22.8. The third kappa shape index (κ3) is 3.94. The summed E-state index contributed by atoms with van der Waals surface area (Å²) in [6.07, 6.45) is 1.27. The number of aromatic hydroxyl groups is 1. The Hall–Kier alpha value is -3.73. The lowest BCUT2D eigenvalue weighted by molar-refractivity contribution is 0.0629. The Bertz CT molecular complexity index is 1110. The van der Waals surface area contributed by atoms with Crippen LogP contribution in [-0.2, 0) is 11.3 Å². The lowest BCUT2D eigenvalue weighted by Crippen LogP contribution is -2.53. The quantitative estimate of drug-likeness (QED) is 0.633. The number of methoxy groups -OCH3 is 1. The standard InChI is InChI=1S/C21H24N4O7/c1-23-12-24(5-6-30-2)21(29)17-19(27)18(26)14(11-25(17)23)20(28)22-10-13-3-4-15-16(9-13)32-8-7-31-15/h3-4,9,11,27H,5-8,10,12H2,1-2H3,(H,22,28). The zero-order valence-corrected chi connectivity index (χ0v) is 17.8. The molecule has 0 spiro atoms. The van der Waals surface area contributed by atoms with E-state index in [2.05, 4.69) is 5.32 Å². The number of nitrogens with one attached hydrogen (secondary N) is 1. The molecule has 0 saturated heterocycles. The minimum absolute atomic E-state index is 0.136. The van der Waals surface area contributed by atoms with E-state index < -0.39 is 23.0 Å². The van der Waals surface area contributed by atoms with Gasteiger partial charge in [-0.1, -0.05) is 6.07 Å². The number of fused-ring (bicyclic) bond motifs is 2. The summed E-state index contributed by atoms with van der Waals surface area (Å²) < 4.78 is 17.3. The summed E-state index contributed by atoms with van der Waals surface area (Å²) in [4.78, 5) is 39.6. The monoisotopic (exact) mass is 444 g/mol. The van der Waals surface area contributed by atoms with E-state index >= 15 is 0 Å². The van der Waals surface area contributed by atoms with Crippen LogP contribution in [0.25, 0.3) is 0 Å². The first-order chi connectivity index (χ1) is 15.4. The van der Waals surface area contributed by atoms with Gasteiger partial charge in [-0.25, -0.2) is 0 Å². The molecule has 2 amide bonds. The topological polar surface area (TPSA) is 123 Å². The first-order valence-corrected chi connectivity index (χ1v) is 10.1. The Balaban J connectivity index is 1.55. The summed E-state index contributed by atoms with van der Waals surface area (Å²) in [6, 6.07) is 5.30. The smallest absolute Gasteiger partial charge is 0.277 e. The van der Waals surface area contributed by atoms with Crippen LogP contribution < -0.4 is 25.2 Å². The van der Waals surface area contributed by atoms with Crippen molar-refractivity contribution in [1.82, 2.24) is 14.9 Å². The Labute approximate surface area is 183 Å². The third-order valence-electron chi connectivity index (χ3n) is 5.27. The Morgan fingerprint density at radius 3 is 2.72 bits per heavy atom. The van der Waals surface area contributed by atoms with Gasteiger partial charge in [0.2, 0.25) is 5.43 Å². The summed E-state index contributed by atoms with van der Waals surface area (Å²) >= 11 is 0. The molecule has 1 aromatic heterocycles. The Morgan fingerprint density at radius 1 is 1.22 bits per heavy atom. The van der Waals surface area contributed by atoms with Crippen LogP contribution in [0, 0.1) is 0 Å². The highest BCUT2D eigenvalue weighted by molar-refractivity contribution is 5.99. The van der Waals surface area contributed by atoms with Crippen molar-refractivity contribution in [3.63, 3.8) is 0 Å². The van der Waals surface area contributed by atoms with E-state index in [4.69, 9.17) is 14.2 Å². The van der Waals surface area contributed by atoms with Crippen molar-refractivity contribution >= 4 is 11.8 Å². The molecule has 0 bridgehead atoms. The van der Waals surface area contributed by atoms with Gasteiger partial charge in [0, 0.05) is 33.4 Å². The van der Waals surface area contributed by atoms with Crippen molar-refractivity contribution in [2.45, 2.75) is 6.54 Å². The molecule has 0 unspecified atom stereocenters. The number of pyridine rings is 1. The number of nitrogens with zero attached hydrogens (tertiary/aromatic N) is 3. The van der Waals surface area contributed by atoms with Crippen molar-refractivity contribution in [2.75, 3.05) is 52.2 Å². The number of ether oxygens (including phenoxy) is 3. The van der Waals surface area contributed by atoms with Gasteiger partial charge in [0.15, 0.2) is 22.9 Å². The van der Waals surface area contributed by atoms with Crippen LogP contribution in [0.15, 0.2) is 29.2 Å². The molecule has 0 fully saturated rings. The summed E-state index contributed by atoms with van der Waals surface area (Å²) in [6.45, 7) is 1.88. The Kier molecular flexibility index (Phi) is 5.91. The average molecular weight is 444 g/mol. The minimum Gasteiger partial charge on any atom is -0.502 e. The molecule has 11 nitrogen and oxygen atoms in total. The highest BCUT2D eigenvalue weighted by Gasteiger charge is 2.33. The van der Waals surface area contributed by atoms with Crippen LogP contribution in [0.2, 0.25) is 0 Å². The van der Waals surface area contributed by atoms with E-state index in [1.165, 1.54) is 22.9 Å². The summed E-state index contributed by atoms with van der Waals surface area (Å²) in [5.41, 5.74) is -0.616. The van der Waals surface area contributed by atoms with E-state index in [1.54, 1.807) is 30.3 Å². The highest BCUT2D eigenvalue weighted by Crippen LogP contribution is 2.30. The maximum absolute atomic E-state index is 12.8. The molecular weight excluding hydrogens is 420 g/mol. The van der Waals surface area contributed by atoms with Gasteiger partial charge >= 0.3 is 0 Å². The fourth-order valence-electron chi connectivity index (χ4n) is 3.60. The molecule has 0 aliphatic carbocycles. The second-order valence-corrected chi connectivity index (χ2v) is 7.43. The molecule has 2 N–H and O–H groups in total. The molecule has 11 heteroatoms. The summed E-state index contributed by atoms with van der Waals surface area (Å²) in [5.74, 6) is -0.726. The van der Waals surface area contributed by atoms with Crippen LogP contribution in [-0.4, -0.2) is 73.7 Å². The third-order valence-corrected chi connectivity index (χ3v) is 5.27. The number of rotatable bonds is 6. The normalized spacial score (nSPS) is 14.9. The number of aromatic nitrogens is 1. The summed E-state index contributed by atoms with van der Waals surface area (Å²) in [5, 5.41) is 14.8. The number of amides is 2. The molecule has 3 heterocycles. The van der Waals surface area contributed by atoms with Gasteiger partial charge in [-0.05, 0) is 17.7 Å². The highest BCUT2D eigenvalue weighted by atomic mass is 16.6. The summed E-state index contributed by atoms with van der Waals surface area (Å²) in [7, 11) is 3.19. The van der Waals surface area contributed by atoms with Crippen LogP contribution in [0.1, 0.15) is 26.4 Å². The largest absolute Gasteiger partial charge is 0.502 e. The Morgan fingerprint density at radius 2 is 1.97 bits per heavy atom. The van der Waals surface area contributed by atoms with Crippen LogP contribution in [0.5, 0.6) is 17.2 Å². The van der Waals surface area contributed by atoms with Crippen molar-refractivity contribution in [3.8, 4) is 17.2 Å². The maximum Gasteiger partial charge on any atom is 0.277 e. The molecule has 0 saturated carbocycles. The van der Waals surface area contributed by atoms with E-state index in [0.29, 0.717) is 37.9 Å². The van der Waals surface area contributed by atoms with Crippen LogP contribution in [0.3, 0.4) is 0 Å². The SMILES string of the molecule is COCCN1CN(C)n2cc(C(=O)NCc3ccc4c(c3)OCCO4)c(=O)c(O)c2C1=O. The van der Waals surface area contributed by atoms with Crippen LogP contribution in [0.4, 0.5) is 0 Å². The van der Waals surface area contributed by atoms with Gasteiger partial charge < -0.3 is 29.5 Å². The van der Waals surface area contributed by atoms with E-state index in [-0.39, 0.29) is 24.5 Å². The van der Waals surface area contributed by atoms with Gasteiger partial charge in [0.1, 0.15) is 25.4 Å². The van der Waals surface area contributed by atoms with Gasteiger partial charge in [-0.3, -0.25) is 24.1 Å². The van der Waals surface area contributed by atoms with Gasteiger partial charge in [-0.2, -0.15) is 0 Å². The fourth-order valence-corrected chi connectivity index (χ4v) is 3.60. The number of carbonyl (C=O) groups excluding carboxylic acids is 2. The molecule has 2 aliphatic heterocycles. The number of hydrogen-bond donors (Lipinski definition) is 2. The first kappa shape index (κ1) is 21.5. The van der Waals surface area contributed by atoms with Crippen molar-refractivity contribution in [1.29, 1.82) is 0 Å². The molecule has 0 atom stereocenters. The van der Waals surface area contributed by atoms with Gasteiger partial charge in [-0.15, -0.1) is 0 Å². The second kappa shape index (κ2) is 8.79. The van der Waals surface area contributed by atoms with Gasteiger partial charge in [0.25, 0.3) is 11.8 Å². The lowest BCUT2D eigenvalue weighted by atomic mass is 10.1. The molecule has 0 radical (unpaired) electrons. The molecule has 2 aromatic rings. The second-order valence-electron chi connectivity index (χ2n) is 7.43. The maximum atomic E-state index is 12.8. The predicted octanol–water partition coefficient (Wildman–Crippen LogP) is -0.117. The molecule has 1 aromatic carbocycles. The van der Waals surface area contributed by atoms with E-state index in [9.17, 15) is 19.5 Å².